The molecule has 1 unspecified atom stereocenters. The Morgan fingerprint density at radius 1 is 0.667 bits per heavy atom. The standard InChI is InChI=1S/C50H74N8O11/c1-31(2)27-38(54-43(60)33(5)53-50(67)69-30-36-15-11-10-12-16-36)47(64)58-26-14-18-40(58)49(66)56(8)42(29-35-19-21-37(68-9)22-20-35)45(62)52-24-23-51-44(61)41(28-32(3)4)55(7)48(65)39-17-13-25-57(39)46(63)34(6)59/h10-12,15-16,19-22,31-34,38-42,59H,13-14,17-18,23-30H2,1-9H3,(H,51,61)(H,52,62)(H,53,67)(H,54,60)/t33-,34+,38+,39+,40?,41+,42+/m1/s1. The molecule has 2 fully saturated rings. The summed E-state index contributed by atoms with van der Waals surface area (Å²) in [5.41, 5.74) is 1.51. The van der Waals surface area contributed by atoms with Crippen LogP contribution in [0.15, 0.2) is 54.6 Å². The minimum atomic E-state index is -1.26. The van der Waals surface area contributed by atoms with Gasteiger partial charge in [0.25, 0.3) is 5.91 Å². The first-order valence-corrected chi connectivity index (χ1v) is 24.0. The molecule has 2 aromatic carbocycles. The average molecular weight is 963 g/mol. The van der Waals surface area contributed by atoms with Gasteiger partial charge in [-0.15, -0.1) is 0 Å². The molecule has 2 aliphatic rings. The van der Waals surface area contributed by atoms with Crippen LogP contribution in [0.2, 0.25) is 0 Å². The number of hydrogen-bond acceptors (Lipinski definition) is 11. The number of hydrogen-bond donors (Lipinski definition) is 5. The van der Waals surface area contributed by atoms with E-state index in [2.05, 4.69) is 21.3 Å². The molecule has 19 heteroatoms. The van der Waals surface area contributed by atoms with Crippen LogP contribution in [0.4, 0.5) is 4.79 Å². The minimum Gasteiger partial charge on any atom is -0.497 e. The van der Waals surface area contributed by atoms with E-state index < -0.39 is 89.8 Å². The van der Waals surface area contributed by atoms with Crippen molar-refractivity contribution in [2.45, 2.75) is 135 Å². The van der Waals surface area contributed by atoms with Crippen molar-refractivity contribution in [3.63, 3.8) is 0 Å². The molecule has 2 saturated heterocycles. The number of alkyl carbamates (subject to hydrolysis) is 1. The van der Waals surface area contributed by atoms with E-state index in [0.29, 0.717) is 44.4 Å². The number of nitrogens with one attached hydrogen (secondary N) is 4. The number of benzene rings is 2. The van der Waals surface area contributed by atoms with Crippen LogP contribution in [0, 0.1) is 11.8 Å². The summed E-state index contributed by atoms with van der Waals surface area (Å²) in [5.74, 6) is -2.79. The lowest BCUT2D eigenvalue weighted by atomic mass is 10.0. The predicted molar refractivity (Wildman–Crippen MR) is 257 cm³/mol. The largest absolute Gasteiger partial charge is 0.497 e. The second kappa shape index (κ2) is 26.5. The molecule has 2 aromatic rings. The van der Waals surface area contributed by atoms with E-state index in [1.165, 1.54) is 54.7 Å². The normalized spacial score (nSPS) is 17.8. The summed E-state index contributed by atoms with van der Waals surface area (Å²) in [6.45, 7) is 11.1. The Morgan fingerprint density at radius 3 is 1.71 bits per heavy atom. The maximum Gasteiger partial charge on any atom is 0.408 e. The highest BCUT2D eigenvalue weighted by molar-refractivity contribution is 5.96. The Morgan fingerprint density at radius 2 is 1.19 bits per heavy atom. The molecule has 0 aromatic heterocycles. The van der Waals surface area contributed by atoms with Gasteiger partial charge in [0.05, 0.1) is 7.11 Å². The summed E-state index contributed by atoms with van der Waals surface area (Å²) in [4.78, 5) is 114. The molecule has 19 nitrogen and oxygen atoms in total. The summed E-state index contributed by atoms with van der Waals surface area (Å²) < 4.78 is 10.6. The molecule has 2 aliphatic heterocycles. The summed E-state index contributed by atoms with van der Waals surface area (Å²) in [6.07, 6.45) is 0.489. The number of likely N-dealkylation sites (tertiary alicyclic amines) is 2. The second-order valence-electron chi connectivity index (χ2n) is 18.9. The van der Waals surface area contributed by atoms with Crippen molar-refractivity contribution in [3.8, 4) is 5.75 Å². The van der Waals surface area contributed by atoms with Gasteiger partial charge in [0.2, 0.25) is 35.4 Å². The molecule has 0 aliphatic carbocycles. The fourth-order valence-corrected chi connectivity index (χ4v) is 8.67. The van der Waals surface area contributed by atoms with Gasteiger partial charge < -0.3 is 55.4 Å². The van der Waals surface area contributed by atoms with Crippen molar-refractivity contribution in [1.82, 2.24) is 40.9 Å². The van der Waals surface area contributed by atoms with Crippen LogP contribution in [0.5, 0.6) is 5.75 Å². The van der Waals surface area contributed by atoms with Crippen LogP contribution in [0.25, 0.3) is 0 Å². The Labute approximate surface area is 406 Å². The highest BCUT2D eigenvalue weighted by atomic mass is 16.5. The molecule has 4 rings (SSSR count). The predicted octanol–water partition coefficient (Wildman–Crippen LogP) is 2.38. The first-order chi connectivity index (χ1) is 32.7. The monoisotopic (exact) mass is 963 g/mol. The fraction of sp³-hybridized carbons (Fsp3) is 0.600. The van der Waals surface area contributed by atoms with E-state index in [4.69, 9.17) is 9.47 Å². The van der Waals surface area contributed by atoms with Crippen LogP contribution in [0.1, 0.15) is 91.2 Å². The molecule has 2 heterocycles. The van der Waals surface area contributed by atoms with Crippen LogP contribution < -0.4 is 26.0 Å². The van der Waals surface area contributed by atoms with Gasteiger partial charge in [-0.3, -0.25) is 33.6 Å². The summed E-state index contributed by atoms with van der Waals surface area (Å²) >= 11 is 0. The molecule has 380 valence electrons. The van der Waals surface area contributed by atoms with Crippen LogP contribution in [0.3, 0.4) is 0 Å². The van der Waals surface area contributed by atoms with Gasteiger partial charge in [-0.2, -0.15) is 0 Å². The Balaban J connectivity index is 1.43. The van der Waals surface area contributed by atoms with Crippen molar-refractivity contribution in [1.29, 1.82) is 0 Å². The molecule has 0 saturated carbocycles. The van der Waals surface area contributed by atoms with E-state index in [0.717, 1.165) is 11.1 Å². The number of rotatable bonds is 23. The number of aliphatic hydroxyl groups is 1. The zero-order chi connectivity index (χ0) is 50.9. The van der Waals surface area contributed by atoms with Gasteiger partial charge in [0, 0.05) is 46.7 Å². The molecule has 5 N–H and O–H groups in total. The van der Waals surface area contributed by atoms with Crippen LogP contribution >= 0.6 is 0 Å². The maximum atomic E-state index is 14.5. The zero-order valence-electron chi connectivity index (χ0n) is 41.7. The fourth-order valence-electron chi connectivity index (χ4n) is 8.67. The molecular weight excluding hydrogens is 889 g/mol. The molecule has 69 heavy (non-hydrogen) atoms. The number of aliphatic hydroxyl groups excluding tert-OH is 1. The third kappa shape index (κ3) is 15.9. The quantitative estimate of drug-likeness (QED) is 0.101. The van der Waals surface area contributed by atoms with Gasteiger partial charge in [0.1, 0.15) is 54.7 Å². The molecule has 0 spiro atoms. The Bertz CT molecular complexity index is 2070. The minimum absolute atomic E-state index is 0.00105. The van der Waals surface area contributed by atoms with E-state index in [-0.39, 0.29) is 50.9 Å². The molecule has 0 radical (unpaired) electrons. The SMILES string of the molecule is COc1ccc(C[C@@H](C(=O)NCCNC(=O)[C@H](CC(C)C)N(C)C(=O)[C@@H]2CCCN2C(=O)[C@H](C)O)N(C)C(=O)C2CCCN2C(=O)[C@H](CC(C)C)NC(=O)[C@@H](C)NC(=O)OCc2ccccc2)cc1. The second-order valence-corrected chi connectivity index (χ2v) is 18.9. The van der Waals surface area contributed by atoms with E-state index in [9.17, 15) is 43.5 Å². The first-order valence-electron chi connectivity index (χ1n) is 24.0. The summed E-state index contributed by atoms with van der Waals surface area (Å²) in [7, 11) is 4.58. The van der Waals surface area contributed by atoms with Crippen molar-refractivity contribution in [2.75, 3.05) is 47.4 Å². The number of nitrogens with zero attached hydrogens (tertiary/aromatic N) is 4. The van der Waals surface area contributed by atoms with E-state index in [1.54, 1.807) is 36.4 Å². The number of likely N-dealkylation sites (N-methyl/N-ethyl adjacent to an activating group) is 2. The molecule has 0 bridgehead atoms. The van der Waals surface area contributed by atoms with Gasteiger partial charge in [-0.1, -0.05) is 70.2 Å². The number of carbonyl (C=O) groups excluding carboxylic acids is 8. The van der Waals surface area contributed by atoms with Crippen molar-refractivity contribution >= 4 is 47.4 Å². The molecule has 7 atom stereocenters. The Kier molecular flexibility index (Phi) is 21.3. The van der Waals surface area contributed by atoms with Gasteiger partial charge in [-0.25, -0.2) is 4.79 Å². The van der Waals surface area contributed by atoms with Crippen molar-refractivity contribution < 1.29 is 52.9 Å². The highest BCUT2D eigenvalue weighted by Crippen LogP contribution is 2.25. The highest BCUT2D eigenvalue weighted by Gasteiger charge is 2.42. The van der Waals surface area contributed by atoms with Gasteiger partial charge >= 0.3 is 6.09 Å². The lowest BCUT2D eigenvalue weighted by Gasteiger charge is -2.34. The number of carbonyl (C=O) groups is 8. The average Bonchev–Trinajstić information content (AvgIpc) is 4.03. The first kappa shape index (κ1) is 55.4. The smallest absolute Gasteiger partial charge is 0.408 e. The number of methoxy groups -OCH3 is 1. The number of ether oxygens (including phenoxy) is 2. The van der Waals surface area contributed by atoms with Crippen LogP contribution in [-0.4, -0.2) is 162 Å². The topological polar surface area (TPSA) is 236 Å². The van der Waals surface area contributed by atoms with Crippen molar-refractivity contribution in [3.05, 3.63) is 65.7 Å². The van der Waals surface area contributed by atoms with Gasteiger partial charge in [0.15, 0.2) is 0 Å². The Hall–Kier alpha value is -6.24. The molecular formula is C50H74N8O11. The van der Waals surface area contributed by atoms with E-state index in [1.807, 2.05) is 45.9 Å². The maximum absolute atomic E-state index is 14.5. The third-order valence-electron chi connectivity index (χ3n) is 12.5. The van der Waals surface area contributed by atoms with Gasteiger partial charge in [-0.05, 0) is 87.5 Å². The zero-order valence-corrected chi connectivity index (χ0v) is 41.7. The van der Waals surface area contributed by atoms with Crippen molar-refractivity contribution in [2.24, 2.45) is 11.8 Å². The van der Waals surface area contributed by atoms with Crippen LogP contribution in [-0.2, 0) is 51.3 Å². The summed E-state index contributed by atoms with van der Waals surface area (Å²) in [6, 6.07) is 10.5. The number of amides is 8. The van der Waals surface area contributed by atoms with E-state index >= 15 is 0 Å². The third-order valence-corrected chi connectivity index (χ3v) is 12.5. The summed E-state index contributed by atoms with van der Waals surface area (Å²) in [5, 5.41) is 20.9. The molecule has 8 amide bonds. The lowest BCUT2D eigenvalue weighted by Crippen LogP contribution is -2.58. The lowest BCUT2D eigenvalue weighted by molar-refractivity contribution is -0.150.